The minimum Gasteiger partial charge on any atom is -0.486 e. The normalized spacial score (nSPS) is 16.6. The maximum absolute atomic E-state index is 5.69. The van der Waals surface area contributed by atoms with Crippen molar-refractivity contribution in [2.45, 2.75) is 6.92 Å². The summed E-state index contributed by atoms with van der Waals surface area (Å²) in [6.07, 6.45) is 0. The van der Waals surface area contributed by atoms with Gasteiger partial charge in [-0.15, -0.1) is 0 Å². The fraction of sp³-hybridized carbons (Fsp3) is 0.368. The third-order valence-electron chi connectivity index (χ3n) is 4.71. The molecule has 8 nitrogen and oxygen atoms in total. The molecule has 1 aromatic carbocycles. The van der Waals surface area contributed by atoms with Gasteiger partial charge >= 0.3 is 0 Å². The number of nitrogens with zero attached hydrogens (tertiary/aromatic N) is 3. The molecule has 0 saturated carbocycles. The van der Waals surface area contributed by atoms with Crippen molar-refractivity contribution in [1.29, 1.82) is 0 Å². The van der Waals surface area contributed by atoms with Crippen LogP contribution in [-0.2, 0) is 4.74 Å². The minimum absolute atomic E-state index is 0.562. The summed E-state index contributed by atoms with van der Waals surface area (Å²) in [6, 6.07) is 7.88. The van der Waals surface area contributed by atoms with Crippen LogP contribution in [0, 0.1) is 6.92 Å². The van der Waals surface area contributed by atoms with Gasteiger partial charge in [-0.2, -0.15) is 9.97 Å². The Bertz CT molecular complexity index is 981. The van der Waals surface area contributed by atoms with E-state index in [0.717, 1.165) is 52.8 Å². The van der Waals surface area contributed by atoms with Crippen molar-refractivity contribution in [2.75, 3.05) is 49.7 Å². The summed E-state index contributed by atoms with van der Waals surface area (Å²) in [5, 5.41) is 4.38. The Morgan fingerprint density at radius 1 is 1.00 bits per heavy atom. The van der Waals surface area contributed by atoms with Crippen molar-refractivity contribution in [2.24, 2.45) is 0 Å². The first-order valence-electron chi connectivity index (χ1n) is 9.13. The lowest BCUT2D eigenvalue weighted by Gasteiger charge is -2.27. The van der Waals surface area contributed by atoms with Crippen LogP contribution < -0.4 is 19.7 Å². The number of H-pyrrole nitrogens is 1. The molecule has 2 aliphatic heterocycles. The first kappa shape index (κ1) is 16.2. The van der Waals surface area contributed by atoms with Gasteiger partial charge in [-0.1, -0.05) is 0 Å². The molecule has 1 saturated heterocycles. The van der Waals surface area contributed by atoms with Gasteiger partial charge in [0, 0.05) is 30.5 Å². The highest BCUT2D eigenvalue weighted by atomic mass is 16.6. The summed E-state index contributed by atoms with van der Waals surface area (Å²) >= 11 is 0. The van der Waals surface area contributed by atoms with E-state index < -0.39 is 0 Å². The van der Waals surface area contributed by atoms with Crippen molar-refractivity contribution >= 4 is 28.5 Å². The summed E-state index contributed by atoms with van der Waals surface area (Å²) in [6.45, 7) is 6.11. The molecular weight excluding hydrogens is 346 g/mol. The third kappa shape index (κ3) is 3.12. The number of rotatable bonds is 3. The highest BCUT2D eigenvalue weighted by Gasteiger charge is 2.18. The molecule has 2 aromatic heterocycles. The molecule has 4 heterocycles. The first-order chi connectivity index (χ1) is 13.3. The van der Waals surface area contributed by atoms with Crippen LogP contribution in [0.1, 0.15) is 5.69 Å². The molecule has 5 rings (SSSR count). The third-order valence-corrected chi connectivity index (χ3v) is 4.71. The van der Waals surface area contributed by atoms with Crippen LogP contribution >= 0.6 is 0 Å². The number of aromatic amines is 1. The molecule has 0 spiro atoms. The van der Waals surface area contributed by atoms with Gasteiger partial charge in [0.2, 0.25) is 5.95 Å². The summed E-state index contributed by atoms with van der Waals surface area (Å²) in [7, 11) is 0. The lowest BCUT2D eigenvalue weighted by atomic mass is 10.2. The average molecular weight is 367 g/mol. The second-order valence-corrected chi connectivity index (χ2v) is 6.67. The van der Waals surface area contributed by atoms with Crippen molar-refractivity contribution < 1.29 is 14.2 Å². The number of morpholine rings is 1. The Labute approximate surface area is 156 Å². The lowest BCUT2D eigenvalue weighted by molar-refractivity contribution is 0.122. The predicted molar refractivity (Wildman–Crippen MR) is 102 cm³/mol. The molecule has 0 unspecified atom stereocenters. The minimum atomic E-state index is 0.562. The van der Waals surface area contributed by atoms with Crippen LogP contribution in [0.2, 0.25) is 0 Å². The van der Waals surface area contributed by atoms with Crippen LogP contribution in [0.5, 0.6) is 11.5 Å². The number of aromatic nitrogens is 3. The number of aryl methyl sites for hydroxylation is 1. The van der Waals surface area contributed by atoms with Crippen molar-refractivity contribution in [1.82, 2.24) is 15.0 Å². The molecule has 0 amide bonds. The van der Waals surface area contributed by atoms with Crippen LogP contribution in [0.15, 0.2) is 24.3 Å². The molecule has 0 bridgehead atoms. The number of hydrogen-bond donors (Lipinski definition) is 2. The van der Waals surface area contributed by atoms with Crippen LogP contribution in [0.4, 0.5) is 17.5 Å². The molecule has 0 aliphatic carbocycles. The molecule has 0 radical (unpaired) electrons. The van der Waals surface area contributed by atoms with E-state index in [9.17, 15) is 0 Å². The SMILES string of the molecule is Cc1cc2c(Nc3ccc4c(c3)OCCO4)nc(N3CCOCC3)nc2[nH]1. The first-order valence-corrected chi connectivity index (χ1v) is 9.13. The second-order valence-electron chi connectivity index (χ2n) is 6.67. The molecule has 8 heteroatoms. The zero-order valence-corrected chi connectivity index (χ0v) is 15.1. The zero-order chi connectivity index (χ0) is 18.2. The molecular formula is C19H21N5O3. The largest absolute Gasteiger partial charge is 0.486 e. The van der Waals surface area contributed by atoms with Crippen LogP contribution in [0.3, 0.4) is 0 Å². The molecule has 140 valence electrons. The van der Waals surface area contributed by atoms with E-state index in [-0.39, 0.29) is 0 Å². The Morgan fingerprint density at radius 2 is 1.81 bits per heavy atom. The fourth-order valence-electron chi connectivity index (χ4n) is 3.39. The van der Waals surface area contributed by atoms with Gasteiger partial charge in [0.05, 0.1) is 18.6 Å². The maximum atomic E-state index is 5.69. The second kappa shape index (κ2) is 6.62. The van der Waals surface area contributed by atoms with Gasteiger partial charge in [0.15, 0.2) is 11.5 Å². The van der Waals surface area contributed by atoms with E-state index in [1.54, 1.807) is 0 Å². The molecule has 1 fully saturated rings. The number of fused-ring (bicyclic) bond motifs is 2. The van der Waals surface area contributed by atoms with E-state index in [4.69, 9.17) is 24.2 Å². The Morgan fingerprint density at radius 3 is 2.67 bits per heavy atom. The number of ether oxygens (including phenoxy) is 3. The number of hydrogen-bond acceptors (Lipinski definition) is 7. The molecule has 2 N–H and O–H groups in total. The van der Waals surface area contributed by atoms with Gasteiger partial charge in [0.1, 0.15) is 24.7 Å². The molecule has 2 aliphatic rings. The van der Waals surface area contributed by atoms with Gasteiger partial charge in [-0.3, -0.25) is 0 Å². The molecule has 27 heavy (non-hydrogen) atoms. The van der Waals surface area contributed by atoms with E-state index in [1.807, 2.05) is 25.1 Å². The summed E-state index contributed by atoms with van der Waals surface area (Å²) in [5.41, 5.74) is 2.76. The van der Waals surface area contributed by atoms with Gasteiger partial charge < -0.3 is 29.4 Å². The Balaban J connectivity index is 1.53. The average Bonchev–Trinajstić information content (AvgIpc) is 3.09. The quantitative estimate of drug-likeness (QED) is 0.736. The summed E-state index contributed by atoms with van der Waals surface area (Å²) < 4.78 is 16.7. The standard InChI is InChI=1S/C19H21N5O3/c1-12-10-14-17(20-12)22-19(24-4-6-25-7-5-24)23-18(14)21-13-2-3-15-16(11-13)27-9-8-26-15/h2-3,10-11H,4-9H2,1H3,(H2,20,21,22,23). The van der Waals surface area contributed by atoms with E-state index >= 15 is 0 Å². The van der Waals surface area contributed by atoms with Gasteiger partial charge in [-0.05, 0) is 25.1 Å². The van der Waals surface area contributed by atoms with E-state index in [1.165, 1.54) is 0 Å². The summed E-state index contributed by atoms with van der Waals surface area (Å²) in [5.74, 6) is 2.98. The van der Waals surface area contributed by atoms with Crippen molar-refractivity contribution in [3.63, 3.8) is 0 Å². The predicted octanol–water partition coefficient (Wildman–Crippen LogP) is 2.62. The molecule has 0 atom stereocenters. The number of benzene rings is 1. The van der Waals surface area contributed by atoms with E-state index in [0.29, 0.717) is 32.4 Å². The lowest BCUT2D eigenvalue weighted by Crippen LogP contribution is -2.37. The fourth-order valence-corrected chi connectivity index (χ4v) is 3.39. The topological polar surface area (TPSA) is 84.5 Å². The van der Waals surface area contributed by atoms with Crippen molar-refractivity contribution in [3.8, 4) is 11.5 Å². The Hall–Kier alpha value is -3.00. The zero-order valence-electron chi connectivity index (χ0n) is 15.1. The van der Waals surface area contributed by atoms with Gasteiger partial charge in [-0.25, -0.2) is 0 Å². The van der Waals surface area contributed by atoms with E-state index in [2.05, 4.69) is 21.3 Å². The monoisotopic (exact) mass is 367 g/mol. The van der Waals surface area contributed by atoms with Crippen molar-refractivity contribution in [3.05, 3.63) is 30.0 Å². The van der Waals surface area contributed by atoms with Crippen LogP contribution in [-0.4, -0.2) is 54.5 Å². The molecule has 3 aromatic rings. The number of anilines is 3. The number of nitrogens with one attached hydrogen (secondary N) is 2. The smallest absolute Gasteiger partial charge is 0.229 e. The Kier molecular flexibility index (Phi) is 3.97. The highest BCUT2D eigenvalue weighted by molar-refractivity contribution is 5.91. The maximum Gasteiger partial charge on any atom is 0.229 e. The van der Waals surface area contributed by atoms with Crippen LogP contribution in [0.25, 0.3) is 11.0 Å². The van der Waals surface area contributed by atoms with Gasteiger partial charge in [0.25, 0.3) is 0 Å². The highest BCUT2D eigenvalue weighted by Crippen LogP contribution is 2.34. The summed E-state index contributed by atoms with van der Waals surface area (Å²) in [4.78, 5) is 15.0.